The maximum absolute atomic E-state index is 4.23. The van der Waals surface area contributed by atoms with Gasteiger partial charge in [0.25, 0.3) is 0 Å². The maximum atomic E-state index is 4.23. The van der Waals surface area contributed by atoms with E-state index in [-0.39, 0.29) is 24.0 Å². The van der Waals surface area contributed by atoms with Crippen molar-refractivity contribution in [3.8, 4) is 0 Å². The van der Waals surface area contributed by atoms with Crippen molar-refractivity contribution >= 4 is 29.9 Å². The van der Waals surface area contributed by atoms with Crippen LogP contribution in [0.3, 0.4) is 0 Å². The summed E-state index contributed by atoms with van der Waals surface area (Å²) in [5.41, 5.74) is 2.77. The van der Waals surface area contributed by atoms with Gasteiger partial charge in [-0.25, -0.2) is 0 Å². The minimum absolute atomic E-state index is 0. The van der Waals surface area contributed by atoms with Crippen molar-refractivity contribution in [2.75, 3.05) is 13.6 Å². The van der Waals surface area contributed by atoms with Gasteiger partial charge in [0.2, 0.25) is 0 Å². The van der Waals surface area contributed by atoms with E-state index in [2.05, 4.69) is 63.9 Å². The van der Waals surface area contributed by atoms with Gasteiger partial charge in [0, 0.05) is 20.6 Å². The molecule has 0 fully saturated rings. The number of aliphatic imine (C=N–C) groups is 1. The first-order valence-electron chi connectivity index (χ1n) is 8.46. The van der Waals surface area contributed by atoms with Crippen molar-refractivity contribution in [1.82, 2.24) is 25.4 Å². The van der Waals surface area contributed by atoms with Crippen LogP contribution in [0.2, 0.25) is 0 Å². The van der Waals surface area contributed by atoms with Crippen molar-refractivity contribution in [1.29, 1.82) is 0 Å². The van der Waals surface area contributed by atoms with E-state index in [1.165, 1.54) is 11.1 Å². The third-order valence-corrected chi connectivity index (χ3v) is 4.02. The van der Waals surface area contributed by atoms with Gasteiger partial charge in [-0.15, -0.1) is 34.2 Å². The number of aryl methyl sites for hydroxylation is 2. The van der Waals surface area contributed by atoms with Crippen LogP contribution < -0.4 is 10.6 Å². The van der Waals surface area contributed by atoms with Crippen LogP contribution in [-0.4, -0.2) is 34.3 Å². The molecule has 0 saturated carbocycles. The summed E-state index contributed by atoms with van der Waals surface area (Å²) in [5, 5.41) is 14.5. The fourth-order valence-corrected chi connectivity index (χ4v) is 2.42. The second-order valence-electron chi connectivity index (χ2n) is 6.21. The molecule has 2 rings (SSSR count). The van der Waals surface area contributed by atoms with Gasteiger partial charge in [-0.05, 0) is 29.9 Å². The number of halogens is 1. The molecule has 0 amide bonds. The lowest BCUT2D eigenvalue weighted by Crippen LogP contribution is -2.37. The molecule has 2 N–H and O–H groups in total. The van der Waals surface area contributed by atoms with Crippen LogP contribution in [0.4, 0.5) is 0 Å². The molecule has 0 atom stereocenters. The first-order chi connectivity index (χ1) is 11.6. The second-order valence-corrected chi connectivity index (χ2v) is 6.21. The van der Waals surface area contributed by atoms with Crippen molar-refractivity contribution in [3.63, 3.8) is 0 Å². The molecule has 0 aliphatic rings. The Balaban J connectivity index is 0.00000312. The fraction of sp³-hybridized carbons (Fsp3) is 0.500. The minimum atomic E-state index is 0. The molecular formula is C18H29IN6. The number of benzene rings is 1. The average Bonchev–Trinajstić information content (AvgIpc) is 2.99. The van der Waals surface area contributed by atoms with Gasteiger partial charge in [-0.3, -0.25) is 4.99 Å². The highest BCUT2D eigenvalue weighted by Gasteiger charge is 2.03. The second kappa shape index (κ2) is 11.1. The zero-order valence-electron chi connectivity index (χ0n) is 15.5. The van der Waals surface area contributed by atoms with Gasteiger partial charge >= 0.3 is 0 Å². The third-order valence-electron chi connectivity index (χ3n) is 4.02. The van der Waals surface area contributed by atoms with E-state index in [9.17, 15) is 0 Å². The Morgan fingerprint density at radius 3 is 2.48 bits per heavy atom. The van der Waals surface area contributed by atoms with Crippen LogP contribution in [0.1, 0.15) is 43.1 Å². The quantitative estimate of drug-likeness (QED) is 0.291. The zero-order valence-corrected chi connectivity index (χ0v) is 17.8. The molecule has 0 aliphatic carbocycles. The topological polar surface area (TPSA) is 67.1 Å². The summed E-state index contributed by atoms with van der Waals surface area (Å²) >= 11 is 0. The van der Waals surface area contributed by atoms with Gasteiger partial charge < -0.3 is 15.2 Å². The van der Waals surface area contributed by atoms with E-state index >= 15 is 0 Å². The number of nitrogens with zero attached hydrogens (tertiary/aromatic N) is 4. The number of hydrogen-bond acceptors (Lipinski definition) is 3. The predicted octanol–water partition coefficient (Wildman–Crippen LogP) is 2.85. The van der Waals surface area contributed by atoms with E-state index in [1.807, 2.05) is 11.6 Å². The molecule has 0 radical (unpaired) electrons. The van der Waals surface area contributed by atoms with E-state index in [0.29, 0.717) is 12.5 Å². The minimum Gasteiger partial charge on any atom is -0.356 e. The summed E-state index contributed by atoms with van der Waals surface area (Å²) < 4.78 is 1.89. The number of rotatable bonds is 7. The van der Waals surface area contributed by atoms with E-state index in [0.717, 1.165) is 31.2 Å². The number of aromatic nitrogens is 3. The lowest BCUT2D eigenvalue weighted by molar-refractivity contribution is 0.708. The largest absolute Gasteiger partial charge is 0.356 e. The predicted molar refractivity (Wildman–Crippen MR) is 113 cm³/mol. The van der Waals surface area contributed by atoms with Crippen LogP contribution in [0.15, 0.2) is 35.6 Å². The van der Waals surface area contributed by atoms with Crippen molar-refractivity contribution < 1.29 is 0 Å². The monoisotopic (exact) mass is 456 g/mol. The lowest BCUT2D eigenvalue weighted by atomic mass is 10.0. The molecule has 138 valence electrons. The Labute approximate surface area is 167 Å². The van der Waals surface area contributed by atoms with Gasteiger partial charge in [-0.1, -0.05) is 38.1 Å². The Bertz CT molecular complexity index is 648. The van der Waals surface area contributed by atoms with E-state index < -0.39 is 0 Å². The lowest BCUT2D eigenvalue weighted by Gasteiger charge is -2.11. The summed E-state index contributed by atoms with van der Waals surface area (Å²) in [6.07, 6.45) is 3.81. The molecule has 25 heavy (non-hydrogen) atoms. The molecule has 1 aromatic heterocycles. The van der Waals surface area contributed by atoms with Crippen molar-refractivity contribution in [2.45, 2.75) is 39.2 Å². The molecule has 1 heterocycles. The van der Waals surface area contributed by atoms with Crippen LogP contribution in [0.25, 0.3) is 0 Å². The first kappa shape index (κ1) is 21.4. The van der Waals surface area contributed by atoms with Gasteiger partial charge in [-0.2, -0.15) is 0 Å². The normalized spacial score (nSPS) is 11.3. The molecular weight excluding hydrogens is 427 g/mol. The molecule has 0 spiro atoms. The summed E-state index contributed by atoms with van der Waals surface area (Å²) in [7, 11) is 3.70. The Hall–Kier alpha value is -1.64. The molecule has 1 aromatic carbocycles. The molecule has 0 saturated heterocycles. The van der Waals surface area contributed by atoms with Gasteiger partial charge in [0.1, 0.15) is 6.33 Å². The van der Waals surface area contributed by atoms with Gasteiger partial charge in [0.05, 0.1) is 6.54 Å². The van der Waals surface area contributed by atoms with Crippen LogP contribution in [-0.2, 0) is 20.0 Å². The third kappa shape index (κ3) is 7.01. The number of hydrogen-bond donors (Lipinski definition) is 2. The highest BCUT2D eigenvalue weighted by molar-refractivity contribution is 14.0. The van der Waals surface area contributed by atoms with Crippen LogP contribution in [0, 0.1) is 0 Å². The Morgan fingerprint density at radius 1 is 1.20 bits per heavy atom. The summed E-state index contributed by atoms with van der Waals surface area (Å²) in [6.45, 7) is 5.92. The Kier molecular flexibility index (Phi) is 9.48. The van der Waals surface area contributed by atoms with E-state index in [1.54, 1.807) is 13.4 Å². The molecule has 0 aliphatic heterocycles. The number of guanidine groups is 1. The highest BCUT2D eigenvalue weighted by Crippen LogP contribution is 2.15. The van der Waals surface area contributed by atoms with E-state index in [4.69, 9.17) is 0 Å². The standard InChI is InChI=1S/C18H28N6.HI/c1-14(2)16-9-7-15(8-10-16)6-5-11-20-18(19-3)21-12-17-23-22-13-24(17)4;/h7-10,13-14H,5-6,11-12H2,1-4H3,(H2,19,20,21);1H. The average molecular weight is 456 g/mol. The Morgan fingerprint density at radius 2 is 1.92 bits per heavy atom. The smallest absolute Gasteiger partial charge is 0.191 e. The van der Waals surface area contributed by atoms with Crippen molar-refractivity contribution in [2.24, 2.45) is 12.0 Å². The SMILES string of the molecule is CN=C(NCCCc1ccc(C(C)C)cc1)NCc1nncn1C.I. The molecule has 0 unspecified atom stereocenters. The molecule has 7 heteroatoms. The number of nitrogens with one attached hydrogen (secondary N) is 2. The highest BCUT2D eigenvalue weighted by atomic mass is 127. The van der Waals surface area contributed by atoms with Crippen LogP contribution in [0.5, 0.6) is 0 Å². The first-order valence-corrected chi connectivity index (χ1v) is 8.46. The fourth-order valence-electron chi connectivity index (χ4n) is 2.42. The van der Waals surface area contributed by atoms with Gasteiger partial charge in [0.15, 0.2) is 11.8 Å². The van der Waals surface area contributed by atoms with Crippen LogP contribution >= 0.6 is 24.0 Å². The maximum Gasteiger partial charge on any atom is 0.191 e. The summed E-state index contributed by atoms with van der Waals surface area (Å²) in [6, 6.07) is 8.93. The summed E-state index contributed by atoms with van der Waals surface area (Å²) in [4.78, 5) is 4.23. The molecule has 6 nitrogen and oxygen atoms in total. The summed E-state index contributed by atoms with van der Waals surface area (Å²) in [5.74, 6) is 2.25. The zero-order chi connectivity index (χ0) is 17.4. The molecule has 2 aromatic rings. The molecule has 0 bridgehead atoms. The van der Waals surface area contributed by atoms with Crippen molar-refractivity contribution in [3.05, 3.63) is 47.5 Å².